The molecule has 0 spiro atoms. The van der Waals surface area contributed by atoms with Gasteiger partial charge in [-0.2, -0.15) is 0 Å². The van der Waals surface area contributed by atoms with E-state index in [-0.39, 0.29) is 5.91 Å². The SMILES string of the molecule is C=CCOc1ccccc1CNC(=O)C1(CN)CCOCC1. The molecule has 120 valence electrons. The molecule has 1 amide bonds. The molecule has 0 saturated carbocycles. The number of amides is 1. The van der Waals surface area contributed by atoms with Gasteiger partial charge >= 0.3 is 0 Å². The molecular formula is C17H24N2O3. The lowest BCUT2D eigenvalue weighted by molar-refractivity contribution is -0.136. The molecule has 0 aliphatic carbocycles. The fourth-order valence-electron chi connectivity index (χ4n) is 2.59. The fourth-order valence-corrected chi connectivity index (χ4v) is 2.59. The highest BCUT2D eigenvalue weighted by molar-refractivity contribution is 5.83. The monoisotopic (exact) mass is 304 g/mol. The number of hydrogen-bond acceptors (Lipinski definition) is 4. The van der Waals surface area contributed by atoms with Crippen molar-refractivity contribution in [1.82, 2.24) is 5.32 Å². The number of para-hydroxylation sites is 1. The van der Waals surface area contributed by atoms with Crippen LogP contribution in [0.1, 0.15) is 18.4 Å². The van der Waals surface area contributed by atoms with Gasteiger partial charge in [0.05, 0.1) is 5.41 Å². The first kappa shape index (κ1) is 16.5. The Hall–Kier alpha value is -1.85. The molecule has 22 heavy (non-hydrogen) atoms. The topological polar surface area (TPSA) is 73.6 Å². The minimum absolute atomic E-state index is 0.00294. The van der Waals surface area contributed by atoms with Crippen LogP contribution in [0.5, 0.6) is 5.75 Å². The van der Waals surface area contributed by atoms with Crippen molar-refractivity contribution in [1.29, 1.82) is 0 Å². The number of benzene rings is 1. The van der Waals surface area contributed by atoms with Crippen LogP contribution in [-0.2, 0) is 16.1 Å². The first-order valence-electron chi connectivity index (χ1n) is 7.59. The molecule has 5 heteroatoms. The zero-order chi connectivity index (χ0) is 15.8. The Morgan fingerprint density at radius 2 is 2.14 bits per heavy atom. The summed E-state index contributed by atoms with van der Waals surface area (Å²) in [7, 11) is 0. The molecule has 2 rings (SSSR count). The van der Waals surface area contributed by atoms with Crippen LogP contribution < -0.4 is 15.8 Å². The second kappa shape index (κ2) is 7.96. The van der Waals surface area contributed by atoms with Crippen molar-refractivity contribution in [2.45, 2.75) is 19.4 Å². The molecule has 0 bridgehead atoms. The van der Waals surface area contributed by atoms with E-state index in [1.54, 1.807) is 6.08 Å². The lowest BCUT2D eigenvalue weighted by Gasteiger charge is -2.34. The molecule has 1 saturated heterocycles. The Morgan fingerprint density at radius 3 is 2.82 bits per heavy atom. The van der Waals surface area contributed by atoms with Crippen LogP contribution in [0.25, 0.3) is 0 Å². The van der Waals surface area contributed by atoms with Crippen molar-refractivity contribution in [3.63, 3.8) is 0 Å². The smallest absolute Gasteiger partial charge is 0.227 e. The van der Waals surface area contributed by atoms with E-state index >= 15 is 0 Å². The van der Waals surface area contributed by atoms with E-state index in [4.69, 9.17) is 15.2 Å². The number of hydrogen-bond donors (Lipinski definition) is 2. The average Bonchev–Trinajstić information content (AvgIpc) is 2.59. The molecule has 0 unspecified atom stereocenters. The molecule has 5 nitrogen and oxygen atoms in total. The van der Waals surface area contributed by atoms with E-state index < -0.39 is 5.41 Å². The highest BCUT2D eigenvalue weighted by Crippen LogP contribution is 2.29. The maximum Gasteiger partial charge on any atom is 0.227 e. The summed E-state index contributed by atoms with van der Waals surface area (Å²) >= 11 is 0. The summed E-state index contributed by atoms with van der Waals surface area (Å²) in [6.45, 7) is 6.02. The van der Waals surface area contributed by atoms with Crippen LogP contribution in [0.3, 0.4) is 0 Å². The third-order valence-electron chi connectivity index (χ3n) is 4.09. The lowest BCUT2D eigenvalue weighted by atomic mass is 9.79. The summed E-state index contributed by atoms with van der Waals surface area (Å²) in [6.07, 6.45) is 3.04. The second-order valence-electron chi connectivity index (χ2n) is 5.49. The quantitative estimate of drug-likeness (QED) is 0.751. The first-order valence-corrected chi connectivity index (χ1v) is 7.59. The molecule has 3 N–H and O–H groups in total. The molecule has 1 aromatic carbocycles. The van der Waals surface area contributed by atoms with E-state index in [0.717, 1.165) is 11.3 Å². The van der Waals surface area contributed by atoms with Gasteiger partial charge in [0, 0.05) is 31.9 Å². The molecule has 1 aliphatic rings. The van der Waals surface area contributed by atoms with Crippen LogP contribution in [0.2, 0.25) is 0 Å². The van der Waals surface area contributed by atoms with Crippen molar-refractivity contribution in [2.75, 3.05) is 26.4 Å². The predicted molar refractivity (Wildman–Crippen MR) is 85.5 cm³/mol. The summed E-state index contributed by atoms with van der Waals surface area (Å²) in [5, 5.41) is 3.00. The van der Waals surface area contributed by atoms with E-state index in [2.05, 4.69) is 11.9 Å². The van der Waals surface area contributed by atoms with E-state index in [1.807, 2.05) is 24.3 Å². The van der Waals surface area contributed by atoms with Crippen molar-refractivity contribution in [2.24, 2.45) is 11.1 Å². The third kappa shape index (κ3) is 3.87. The van der Waals surface area contributed by atoms with Gasteiger partial charge in [-0.1, -0.05) is 30.9 Å². The minimum atomic E-state index is -0.505. The minimum Gasteiger partial charge on any atom is -0.489 e. The average molecular weight is 304 g/mol. The summed E-state index contributed by atoms with van der Waals surface area (Å²) in [6, 6.07) is 7.66. The molecule has 0 radical (unpaired) electrons. The van der Waals surface area contributed by atoms with Gasteiger partial charge in [0.25, 0.3) is 0 Å². The number of carbonyl (C=O) groups is 1. The largest absolute Gasteiger partial charge is 0.489 e. The predicted octanol–water partition coefficient (Wildman–Crippen LogP) is 1.62. The van der Waals surface area contributed by atoms with Crippen molar-refractivity contribution in [3.8, 4) is 5.75 Å². The van der Waals surface area contributed by atoms with Gasteiger partial charge in [-0.05, 0) is 18.9 Å². The fraction of sp³-hybridized carbons (Fsp3) is 0.471. The Bertz CT molecular complexity index is 510. The van der Waals surface area contributed by atoms with Gasteiger partial charge in [-0.25, -0.2) is 0 Å². The maximum absolute atomic E-state index is 12.5. The number of ether oxygens (including phenoxy) is 2. The Labute approximate surface area is 131 Å². The number of carbonyl (C=O) groups excluding carboxylic acids is 1. The zero-order valence-electron chi connectivity index (χ0n) is 12.8. The van der Waals surface area contributed by atoms with Gasteiger partial charge in [-0.3, -0.25) is 4.79 Å². The van der Waals surface area contributed by atoms with Crippen LogP contribution >= 0.6 is 0 Å². The zero-order valence-corrected chi connectivity index (χ0v) is 12.8. The molecule has 1 heterocycles. The maximum atomic E-state index is 12.5. The van der Waals surface area contributed by atoms with E-state index in [1.165, 1.54) is 0 Å². The Balaban J connectivity index is 1.99. The summed E-state index contributed by atoms with van der Waals surface area (Å²) in [4.78, 5) is 12.5. The highest BCUT2D eigenvalue weighted by Gasteiger charge is 2.38. The van der Waals surface area contributed by atoms with Crippen LogP contribution in [0.4, 0.5) is 0 Å². The van der Waals surface area contributed by atoms with Crippen molar-refractivity contribution >= 4 is 5.91 Å². The number of nitrogens with one attached hydrogen (secondary N) is 1. The summed E-state index contributed by atoms with van der Waals surface area (Å²) in [5.74, 6) is 0.758. The second-order valence-corrected chi connectivity index (χ2v) is 5.49. The van der Waals surface area contributed by atoms with Gasteiger partial charge < -0.3 is 20.5 Å². The Morgan fingerprint density at radius 1 is 1.41 bits per heavy atom. The first-order chi connectivity index (χ1) is 10.7. The molecule has 0 aromatic heterocycles. The standard InChI is InChI=1S/C17H24N2O3/c1-2-9-22-15-6-4-3-5-14(15)12-19-16(20)17(13-18)7-10-21-11-8-17/h2-6H,1,7-13,18H2,(H,19,20). The normalized spacial score (nSPS) is 16.8. The highest BCUT2D eigenvalue weighted by atomic mass is 16.5. The third-order valence-corrected chi connectivity index (χ3v) is 4.09. The summed E-state index contributed by atoms with van der Waals surface area (Å²) < 4.78 is 10.9. The van der Waals surface area contributed by atoms with Crippen LogP contribution in [-0.4, -0.2) is 32.3 Å². The van der Waals surface area contributed by atoms with Gasteiger partial charge in [-0.15, -0.1) is 0 Å². The molecule has 1 aliphatic heterocycles. The number of nitrogens with two attached hydrogens (primary N) is 1. The molecule has 1 fully saturated rings. The van der Waals surface area contributed by atoms with Gasteiger partial charge in [0.1, 0.15) is 12.4 Å². The van der Waals surface area contributed by atoms with Crippen molar-refractivity contribution < 1.29 is 14.3 Å². The van der Waals surface area contributed by atoms with Gasteiger partial charge in [0.2, 0.25) is 5.91 Å². The molecule has 1 aromatic rings. The summed E-state index contributed by atoms with van der Waals surface area (Å²) in [5.41, 5.74) is 6.29. The molecular weight excluding hydrogens is 280 g/mol. The van der Waals surface area contributed by atoms with E-state index in [9.17, 15) is 4.79 Å². The van der Waals surface area contributed by atoms with Gasteiger partial charge in [0.15, 0.2) is 0 Å². The number of rotatable bonds is 7. The Kier molecular flexibility index (Phi) is 5.98. The van der Waals surface area contributed by atoms with E-state index in [0.29, 0.717) is 45.8 Å². The molecule has 0 atom stereocenters. The lowest BCUT2D eigenvalue weighted by Crippen LogP contribution is -2.49. The van der Waals surface area contributed by atoms with Crippen LogP contribution in [0, 0.1) is 5.41 Å². The van der Waals surface area contributed by atoms with Crippen LogP contribution in [0.15, 0.2) is 36.9 Å². The van der Waals surface area contributed by atoms with Crippen molar-refractivity contribution in [3.05, 3.63) is 42.5 Å².